The zero-order valence-corrected chi connectivity index (χ0v) is 15.9. The molecule has 0 radical (unpaired) electrons. The van der Waals surface area contributed by atoms with Crippen molar-refractivity contribution in [3.63, 3.8) is 0 Å². The van der Waals surface area contributed by atoms with Crippen molar-refractivity contribution in [2.75, 3.05) is 36.1 Å². The summed E-state index contributed by atoms with van der Waals surface area (Å²) in [4.78, 5) is 14.9. The van der Waals surface area contributed by atoms with Crippen molar-refractivity contribution in [1.82, 2.24) is 0 Å². The molecule has 2 rings (SSSR count). The maximum Gasteiger partial charge on any atom is 0.259 e. The number of halogens is 2. The van der Waals surface area contributed by atoms with Crippen LogP contribution in [0, 0.1) is 0 Å². The highest BCUT2D eigenvalue weighted by Gasteiger charge is 2.19. The van der Waals surface area contributed by atoms with Crippen LogP contribution in [-0.2, 0) is 0 Å². The van der Waals surface area contributed by atoms with Crippen molar-refractivity contribution in [2.24, 2.45) is 0 Å². The van der Waals surface area contributed by atoms with Gasteiger partial charge in [0.1, 0.15) is 5.75 Å². The van der Waals surface area contributed by atoms with Gasteiger partial charge in [-0.2, -0.15) is 0 Å². The first-order chi connectivity index (χ1) is 11.9. The second kappa shape index (κ2) is 8.32. The number of hydrogen-bond donors (Lipinski definition) is 2. The lowest BCUT2D eigenvalue weighted by Gasteiger charge is -2.24. The maximum atomic E-state index is 12.8. The average Bonchev–Trinajstić information content (AvgIpc) is 2.57. The van der Waals surface area contributed by atoms with Crippen LogP contribution in [0.3, 0.4) is 0 Å². The summed E-state index contributed by atoms with van der Waals surface area (Å²) in [6, 6.07) is 8.47. The Morgan fingerprint density at radius 3 is 2.48 bits per heavy atom. The van der Waals surface area contributed by atoms with Gasteiger partial charge in [0.2, 0.25) is 0 Å². The molecule has 25 heavy (non-hydrogen) atoms. The molecule has 0 atom stereocenters. The number of amides is 1. The van der Waals surface area contributed by atoms with Crippen molar-refractivity contribution >= 4 is 46.2 Å². The molecule has 0 aromatic heterocycles. The van der Waals surface area contributed by atoms with Gasteiger partial charge in [-0.1, -0.05) is 23.2 Å². The molecule has 0 aliphatic heterocycles. The number of nitrogens with zero attached hydrogens (tertiary/aromatic N) is 1. The van der Waals surface area contributed by atoms with Gasteiger partial charge >= 0.3 is 0 Å². The minimum absolute atomic E-state index is 0.257. The Morgan fingerprint density at radius 2 is 1.88 bits per heavy atom. The fourth-order valence-corrected chi connectivity index (χ4v) is 3.19. The van der Waals surface area contributed by atoms with Crippen LogP contribution in [0.15, 0.2) is 30.3 Å². The molecule has 3 N–H and O–H groups in total. The molecule has 0 bridgehead atoms. The summed E-state index contributed by atoms with van der Waals surface area (Å²) < 4.78 is 5.25. The fourth-order valence-electron chi connectivity index (χ4n) is 2.62. The Labute approximate surface area is 157 Å². The molecule has 0 heterocycles. The van der Waals surface area contributed by atoms with E-state index in [9.17, 15) is 4.79 Å². The van der Waals surface area contributed by atoms with E-state index < -0.39 is 0 Å². The quantitative estimate of drug-likeness (QED) is 0.712. The van der Waals surface area contributed by atoms with Crippen molar-refractivity contribution in [1.29, 1.82) is 0 Å². The molecule has 0 spiro atoms. The third kappa shape index (κ3) is 4.30. The van der Waals surface area contributed by atoms with Gasteiger partial charge in [-0.15, -0.1) is 0 Å². The highest BCUT2D eigenvalue weighted by molar-refractivity contribution is 6.36. The number of ether oxygens (including phenoxy) is 1. The predicted octanol–water partition coefficient (Wildman–Crippen LogP) is 4.68. The van der Waals surface area contributed by atoms with E-state index >= 15 is 0 Å². The van der Waals surface area contributed by atoms with Gasteiger partial charge in [0, 0.05) is 23.8 Å². The normalized spacial score (nSPS) is 10.4. The van der Waals surface area contributed by atoms with E-state index in [0.717, 1.165) is 18.8 Å². The second-order valence-electron chi connectivity index (χ2n) is 5.37. The van der Waals surface area contributed by atoms with Crippen LogP contribution in [0.25, 0.3) is 0 Å². The largest absolute Gasteiger partial charge is 0.494 e. The minimum Gasteiger partial charge on any atom is -0.494 e. The first-order valence-electron chi connectivity index (χ1n) is 7.90. The van der Waals surface area contributed by atoms with Gasteiger partial charge in [-0.25, -0.2) is 0 Å². The molecular weight excluding hydrogens is 361 g/mol. The van der Waals surface area contributed by atoms with E-state index in [1.54, 1.807) is 12.1 Å². The van der Waals surface area contributed by atoms with Crippen molar-refractivity contribution in [3.8, 4) is 5.75 Å². The van der Waals surface area contributed by atoms with Crippen LogP contribution in [0.4, 0.5) is 17.1 Å². The molecule has 7 heteroatoms. The van der Waals surface area contributed by atoms with E-state index in [4.69, 9.17) is 33.7 Å². The number of anilines is 3. The molecule has 2 aromatic rings. The molecule has 0 unspecified atom stereocenters. The standard InChI is InChI=1S/C18H21Cl2N3O2/c1-4-23(5-2)16-7-6-12(21)10-15(16)22-18(24)13-8-11(19)9-14(20)17(13)25-3/h6-10H,4-5,21H2,1-3H3,(H,22,24). The third-order valence-corrected chi connectivity index (χ3v) is 4.33. The van der Waals surface area contributed by atoms with Crippen LogP contribution < -0.4 is 20.7 Å². The lowest BCUT2D eigenvalue weighted by atomic mass is 10.1. The van der Waals surface area contributed by atoms with Crippen LogP contribution in [0.1, 0.15) is 24.2 Å². The van der Waals surface area contributed by atoms with Crippen LogP contribution in [-0.4, -0.2) is 26.1 Å². The third-order valence-electron chi connectivity index (χ3n) is 3.83. The van der Waals surface area contributed by atoms with E-state index in [1.807, 2.05) is 19.9 Å². The highest BCUT2D eigenvalue weighted by Crippen LogP contribution is 2.34. The lowest BCUT2D eigenvalue weighted by Crippen LogP contribution is -2.24. The molecule has 5 nitrogen and oxygen atoms in total. The summed E-state index contributed by atoms with van der Waals surface area (Å²) in [5, 5.41) is 3.52. The van der Waals surface area contributed by atoms with Crippen LogP contribution in [0.5, 0.6) is 5.75 Å². The van der Waals surface area contributed by atoms with E-state index in [1.165, 1.54) is 19.2 Å². The number of nitrogens with two attached hydrogens (primary N) is 1. The number of methoxy groups -OCH3 is 1. The molecule has 0 saturated heterocycles. The smallest absolute Gasteiger partial charge is 0.259 e. The molecule has 1 amide bonds. The van der Waals surface area contributed by atoms with Crippen molar-refractivity contribution in [3.05, 3.63) is 45.9 Å². The monoisotopic (exact) mass is 381 g/mol. The lowest BCUT2D eigenvalue weighted by molar-refractivity contribution is 0.102. The number of nitrogens with one attached hydrogen (secondary N) is 1. The Bertz CT molecular complexity index is 777. The zero-order valence-electron chi connectivity index (χ0n) is 14.4. The topological polar surface area (TPSA) is 67.6 Å². The first kappa shape index (κ1) is 19.2. The maximum absolute atomic E-state index is 12.8. The number of carbonyl (C=O) groups is 1. The summed E-state index contributed by atoms with van der Waals surface area (Å²) in [6.07, 6.45) is 0. The first-order valence-corrected chi connectivity index (χ1v) is 8.65. The summed E-state index contributed by atoms with van der Waals surface area (Å²) in [7, 11) is 1.45. The molecule has 0 fully saturated rings. The van der Waals surface area contributed by atoms with E-state index in [0.29, 0.717) is 16.4 Å². The van der Waals surface area contributed by atoms with Crippen molar-refractivity contribution < 1.29 is 9.53 Å². The number of hydrogen-bond acceptors (Lipinski definition) is 4. The Balaban J connectivity index is 2.43. The SMILES string of the molecule is CCN(CC)c1ccc(N)cc1NC(=O)c1cc(Cl)cc(Cl)c1OC. The number of benzene rings is 2. The fraction of sp³-hybridized carbons (Fsp3) is 0.278. The van der Waals surface area contributed by atoms with Crippen LogP contribution in [0.2, 0.25) is 10.0 Å². The van der Waals surface area contributed by atoms with Gasteiger partial charge < -0.3 is 20.7 Å². The predicted molar refractivity (Wildman–Crippen MR) is 105 cm³/mol. The zero-order chi connectivity index (χ0) is 18.6. The van der Waals surface area contributed by atoms with Crippen LogP contribution >= 0.6 is 23.2 Å². The van der Waals surface area contributed by atoms with Gasteiger partial charge in [-0.3, -0.25) is 4.79 Å². The summed E-state index contributed by atoms with van der Waals surface area (Å²) >= 11 is 12.1. The Morgan fingerprint density at radius 1 is 1.20 bits per heavy atom. The number of carbonyl (C=O) groups excluding carboxylic acids is 1. The van der Waals surface area contributed by atoms with Gasteiger partial charge in [0.15, 0.2) is 0 Å². The van der Waals surface area contributed by atoms with Gasteiger partial charge in [0.25, 0.3) is 5.91 Å². The summed E-state index contributed by atoms with van der Waals surface area (Å²) in [6.45, 7) is 5.70. The molecule has 134 valence electrons. The summed E-state index contributed by atoms with van der Waals surface area (Å²) in [5.41, 5.74) is 8.21. The van der Waals surface area contributed by atoms with E-state index in [2.05, 4.69) is 10.2 Å². The Hall–Kier alpha value is -2.11. The Kier molecular flexibility index (Phi) is 6.39. The summed E-state index contributed by atoms with van der Waals surface area (Å²) in [5.74, 6) is -0.0999. The molecule has 0 aliphatic rings. The molecular formula is C18H21Cl2N3O2. The van der Waals surface area contributed by atoms with Gasteiger partial charge in [-0.05, 0) is 44.2 Å². The van der Waals surface area contributed by atoms with E-state index in [-0.39, 0.29) is 22.2 Å². The van der Waals surface area contributed by atoms with Gasteiger partial charge in [0.05, 0.1) is 29.1 Å². The average molecular weight is 382 g/mol. The minimum atomic E-state index is -0.375. The molecule has 2 aromatic carbocycles. The number of rotatable bonds is 6. The van der Waals surface area contributed by atoms with Crippen molar-refractivity contribution in [2.45, 2.75) is 13.8 Å². The molecule has 0 saturated carbocycles. The number of nitrogen functional groups attached to an aromatic ring is 1. The second-order valence-corrected chi connectivity index (χ2v) is 6.22. The highest BCUT2D eigenvalue weighted by atomic mass is 35.5. The molecule has 0 aliphatic carbocycles.